The molecule has 5 nitrogen and oxygen atoms in total. The van der Waals surface area contributed by atoms with Gasteiger partial charge in [-0.15, -0.1) is 0 Å². The highest BCUT2D eigenvalue weighted by Crippen LogP contribution is 2.41. The molecule has 1 aromatic carbocycles. The lowest BCUT2D eigenvalue weighted by Crippen LogP contribution is -2.49. The van der Waals surface area contributed by atoms with Gasteiger partial charge in [-0.05, 0) is 24.8 Å². The molecule has 0 spiro atoms. The summed E-state index contributed by atoms with van der Waals surface area (Å²) in [5.41, 5.74) is 1.11. The van der Waals surface area contributed by atoms with E-state index in [2.05, 4.69) is 46.0 Å². The van der Waals surface area contributed by atoms with Crippen molar-refractivity contribution >= 4 is 11.9 Å². The highest BCUT2D eigenvalue weighted by Gasteiger charge is 2.43. The van der Waals surface area contributed by atoms with E-state index in [0.717, 1.165) is 38.1 Å². The maximum absolute atomic E-state index is 12.7. The number of carbonyl (C=O) groups excluding carboxylic acids is 1. The first kappa shape index (κ1) is 17.8. The number of hydrogen-bond acceptors (Lipinski definition) is 2. The second-order valence-corrected chi connectivity index (χ2v) is 7.62. The van der Waals surface area contributed by atoms with Crippen LogP contribution in [0.2, 0.25) is 0 Å². The summed E-state index contributed by atoms with van der Waals surface area (Å²) in [4.78, 5) is 18.8. The first-order chi connectivity index (χ1) is 12.1. The molecule has 2 aliphatic carbocycles. The molecule has 136 valence electrons. The lowest BCUT2D eigenvalue weighted by atomic mass is 9.84. The minimum atomic E-state index is -0.274. The third kappa shape index (κ3) is 3.97. The van der Waals surface area contributed by atoms with Crippen LogP contribution in [0.1, 0.15) is 43.6 Å². The van der Waals surface area contributed by atoms with Gasteiger partial charge >= 0.3 is 0 Å². The van der Waals surface area contributed by atoms with Gasteiger partial charge in [0.1, 0.15) is 0 Å². The molecule has 25 heavy (non-hydrogen) atoms. The molecule has 1 aromatic rings. The van der Waals surface area contributed by atoms with E-state index in [4.69, 9.17) is 0 Å². The number of aliphatic imine (C=N–C) groups is 1. The Morgan fingerprint density at radius 3 is 2.52 bits per heavy atom. The van der Waals surface area contributed by atoms with E-state index >= 15 is 0 Å². The van der Waals surface area contributed by atoms with Gasteiger partial charge in [0.2, 0.25) is 5.91 Å². The summed E-state index contributed by atoms with van der Waals surface area (Å²) in [7, 11) is 5.50. The van der Waals surface area contributed by atoms with Gasteiger partial charge in [0.15, 0.2) is 5.96 Å². The molecule has 2 saturated carbocycles. The van der Waals surface area contributed by atoms with Crippen LogP contribution in [0.15, 0.2) is 35.3 Å². The number of nitrogens with zero attached hydrogens (tertiary/aromatic N) is 2. The molecular formula is C20H30N4O. The summed E-state index contributed by atoms with van der Waals surface area (Å²) < 4.78 is 0. The number of guanidine groups is 1. The smallest absolute Gasteiger partial charge is 0.230 e. The van der Waals surface area contributed by atoms with Gasteiger partial charge in [-0.2, -0.15) is 0 Å². The molecule has 0 saturated heterocycles. The van der Waals surface area contributed by atoms with E-state index in [1.807, 2.05) is 14.1 Å². The summed E-state index contributed by atoms with van der Waals surface area (Å²) >= 11 is 0. The summed E-state index contributed by atoms with van der Waals surface area (Å²) in [6.45, 7) is 0.659. The van der Waals surface area contributed by atoms with Gasteiger partial charge in [-0.25, -0.2) is 0 Å². The van der Waals surface area contributed by atoms with Gasteiger partial charge in [0.05, 0.1) is 5.41 Å². The Bertz CT molecular complexity index is 620. The van der Waals surface area contributed by atoms with Crippen molar-refractivity contribution < 1.29 is 4.79 Å². The Hall–Kier alpha value is -2.04. The third-order valence-electron chi connectivity index (χ3n) is 5.58. The van der Waals surface area contributed by atoms with Gasteiger partial charge in [0.25, 0.3) is 0 Å². The topological polar surface area (TPSA) is 56.7 Å². The minimum absolute atomic E-state index is 0.238. The Labute approximate surface area is 150 Å². The molecule has 2 N–H and O–H groups in total. The zero-order valence-corrected chi connectivity index (χ0v) is 15.6. The van der Waals surface area contributed by atoms with Crippen LogP contribution in [0, 0.1) is 5.41 Å². The molecule has 0 heterocycles. The van der Waals surface area contributed by atoms with Crippen LogP contribution in [-0.2, 0) is 4.79 Å². The molecule has 2 fully saturated rings. The van der Waals surface area contributed by atoms with E-state index in [9.17, 15) is 4.79 Å². The van der Waals surface area contributed by atoms with Crippen molar-refractivity contribution in [2.45, 2.75) is 44.1 Å². The van der Waals surface area contributed by atoms with Gasteiger partial charge < -0.3 is 15.5 Å². The number of nitrogens with one attached hydrogen (secondary N) is 2. The van der Waals surface area contributed by atoms with Crippen LogP contribution in [0.3, 0.4) is 0 Å². The van der Waals surface area contributed by atoms with Crippen LogP contribution in [-0.4, -0.2) is 50.5 Å². The summed E-state index contributed by atoms with van der Waals surface area (Å²) in [6, 6.07) is 11.0. The van der Waals surface area contributed by atoms with Crippen molar-refractivity contribution in [3.63, 3.8) is 0 Å². The number of amides is 1. The Kier molecular flexibility index (Phi) is 5.30. The van der Waals surface area contributed by atoms with Crippen molar-refractivity contribution in [3.05, 3.63) is 35.9 Å². The predicted molar refractivity (Wildman–Crippen MR) is 102 cm³/mol. The average molecular weight is 342 g/mol. The Morgan fingerprint density at radius 2 is 1.92 bits per heavy atom. The highest BCUT2D eigenvalue weighted by atomic mass is 16.2. The Morgan fingerprint density at radius 1 is 1.24 bits per heavy atom. The molecule has 3 rings (SSSR count). The fourth-order valence-corrected chi connectivity index (χ4v) is 4.04. The monoisotopic (exact) mass is 342 g/mol. The minimum Gasteiger partial charge on any atom is -0.355 e. The lowest BCUT2D eigenvalue weighted by Gasteiger charge is -2.31. The standard InChI is InChI=1S/C20H30N4O/c1-21-19(23-17-13-16(17)15-9-5-4-6-10-15)22-14-20(11-7-8-12-20)18(25)24(2)3/h4-6,9-10,16-17H,7-8,11-14H2,1-3H3,(H2,21,22,23). The molecule has 0 radical (unpaired) electrons. The third-order valence-corrected chi connectivity index (χ3v) is 5.58. The fourth-order valence-electron chi connectivity index (χ4n) is 4.04. The van der Waals surface area contributed by atoms with Gasteiger partial charge in [-0.3, -0.25) is 9.79 Å². The van der Waals surface area contributed by atoms with Crippen LogP contribution >= 0.6 is 0 Å². The first-order valence-electron chi connectivity index (χ1n) is 9.30. The molecule has 2 unspecified atom stereocenters. The molecule has 0 aromatic heterocycles. The summed E-state index contributed by atoms with van der Waals surface area (Å²) in [6.07, 6.45) is 5.32. The largest absolute Gasteiger partial charge is 0.355 e. The van der Waals surface area contributed by atoms with Crippen molar-refractivity contribution in [3.8, 4) is 0 Å². The van der Waals surface area contributed by atoms with E-state index in [0.29, 0.717) is 18.5 Å². The molecular weight excluding hydrogens is 312 g/mol. The second-order valence-electron chi connectivity index (χ2n) is 7.62. The maximum atomic E-state index is 12.7. The van der Waals surface area contributed by atoms with E-state index in [-0.39, 0.29) is 11.3 Å². The molecule has 1 amide bonds. The highest BCUT2D eigenvalue weighted by molar-refractivity contribution is 5.85. The number of hydrogen-bond donors (Lipinski definition) is 2. The van der Waals surface area contributed by atoms with Crippen molar-refractivity contribution in [1.29, 1.82) is 0 Å². The van der Waals surface area contributed by atoms with Crippen molar-refractivity contribution in [2.24, 2.45) is 10.4 Å². The number of benzene rings is 1. The molecule has 2 atom stereocenters. The molecule has 5 heteroatoms. The fraction of sp³-hybridized carbons (Fsp3) is 0.600. The van der Waals surface area contributed by atoms with Crippen LogP contribution < -0.4 is 10.6 Å². The number of rotatable bonds is 5. The number of carbonyl (C=O) groups is 1. The zero-order valence-electron chi connectivity index (χ0n) is 15.6. The maximum Gasteiger partial charge on any atom is 0.230 e. The molecule has 0 bridgehead atoms. The Balaban J connectivity index is 1.55. The molecule has 0 aliphatic heterocycles. The van der Waals surface area contributed by atoms with Crippen LogP contribution in [0.5, 0.6) is 0 Å². The average Bonchev–Trinajstić information content (AvgIpc) is 3.24. The van der Waals surface area contributed by atoms with Crippen LogP contribution in [0.4, 0.5) is 0 Å². The summed E-state index contributed by atoms with van der Waals surface area (Å²) in [5.74, 6) is 1.60. The van der Waals surface area contributed by atoms with Crippen molar-refractivity contribution in [1.82, 2.24) is 15.5 Å². The summed E-state index contributed by atoms with van der Waals surface area (Å²) in [5, 5.41) is 6.94. The van der Waals surface area contributed by atoms with Crippen molar-refractivity contribution in [2.75, 3.05) is 27.7 Å². The zero-order chi connectivity index (χ0) is 17.9. The van der Waals surface area contributed by atoms with E-state index < -0.39 is 0 Å². The normalized spacial score (nSPS) is 24.7. The lowest BCUT2D eigenvalue weighted by molar-refractivity contribution is -0.138. The van der Waals surface area contributed by atoms with Gasteiger partial charge in [0, 0.05) is 39.6 Å². The first-order valence-corrected chi connectivity index (χ1v) is 9.30. The second kappa shape index (κ2) is 7.46. The quantitative estimate of drug-likeness (QED) is 0.638. The van der Waals surface area contributed by atoms with Crippen LogP contribution in [0.25, 0.3) is 0 Å². The van der Waals surface area contributed by atoms with E-state index in [1.165, 1.54) is 5.56 Å². The molecule has 2 aliphatic rings. The van der Waals surface area contributed by atoms with Gasteiger partial charge in [-0.1, -0.05) is 43.2 Å². The van der Waals surface area contributed by atoms with E-state index in [1.54, 1.807) is 11.9 Å². The predicted octanol–water partition coefficient (Wildman–Crippen LogP) is 2.36. The SMILES string of the molecule is CN=C(NCC1(C(=O)N(C)C)CCCC1)NC1CC1c1ccccc1.